The van der Waals surface area contributed by atoms with E-state index in [4.69, 9.17) is 9.47 Å². The molecule has 0 radical (unpaired) electrons. The Morgan fingerprint density at radius 3 is 2.56 bits per heavy atom. The number of amides is 2. The molecular formula is C24H34N4O4. The van der Waals surface area contributed by atoms with Crippen LogP contribution in [0.2, 0.25) is 0 Å². The number of benzene rings is 1. The number of likely N-dealkylation sites (tertiary alicyclic amines) is 1. The summed E-state index contributed by atoms with van der Waals surface area (Å²) in [6, 6.07) is 6.29. The molecule has 0 bridgehead atoms. The van der Waals surface area contributed by atoms with Crippen LogP contribution in [0, 0.1) is 5.92 Å². The number of hydrogen-bond donors (Lipinski definition) is 0. The van der Waals surface area contributed by atoms with Gasteiger partial charge in [-0.1, -0.05) is 6.07 Å². The first-order valence-electron chi connectivity index (χ1n) is 11.9. The summed E-state index contributed by atoms with van der Waals surface area (Å²) >= 11 is 0. The third-order valence-electron chi connectivity index (χ3n) is 7.47. The van der Waals surface area contributed by atoms with Crippen LogP contribution in [-0.2, 0) is 20.7 Å². The minimum absolute atomic E-state index is 0.0738. The smallest absolute Gasteiger partial charge is 0.236 e. The highest BCUT2D eigenvalue weighted by Gasteiger charge is 2.43. The molecule has 8 heteroatoms. The average molecular weight is 443 g/mol. The standard InChI is InChI=1S/C24H34N4O4/c1-31-19-5-4-18-14-20(24(30)27-6-2-3-7-27)22-16-25(8-9-28(22)21(18)15-19)17-23(29)26-10-12-32-13-11-26/h4-5,15,20,22H,2-3,6-14,16-17H2,1H3. The van der Waals surface area contributed by atoms with Crippen molar-refractivity contribution in [3.63, 3.8) is 0 Å². The van der Waals surface area contributed by atoms with Crippen molar-refractivity contribution in [2.75, 3.05) is 77.6 Å². The van der Waals surface area contributed by atoms with E-state index in [1.807, 2.05) is 11.0 Å². The Balaban J connectivity index is 1.36. The minimum Gasteiger partial charge on any atom is -0.497 e. The number of fused-ring (bicyclic) bond motifs is 3. The van der Waals surface area contributed by atoms with Crippen LogP contribution >= 0.6 is 0 Å². The van der Waals surface area contributed by atoms with Crippen LogP contribution in [0.15, 0.2) is 18.2 Å². The fourth-order valence-electron chi connectivity index (χ4n) is 5.67. The van der Waals surface area contributed by atoms with E-state index in [0.717, 1.165) is 57.7 Å². The first-order valence-corrected chi connectivity index (χ1v) is 11.9. The summed E-state index contributed by atoms with van der Waals surface area (Å²) in [5.41, 5.74) is 2.40. The van der Waals surface area contributed by atoms with Crippen molar-refractivity contribution < 1.29 is 19.1 Å². The van der Waals surface area contributed by atoms with Crippen LogP contribution in [-0.4, -0.2) is 105 Å². The third-order valence-corrected chi connectivity index (χ3v) is 7.47. The van der Waals surface area contributed by atoms with Gasteiger partial charge in [-0.15, -0.1) is 0 Å². The van der Waals surface area contributed by atoms with Gasteiger partial charge in [0.25, 0.3) is 0 Å². The Morgan fingerprint density at radius 2 is 1.81 bits per heavy atom. The van der Waals surface area contributed by atoms with Gasteiger partial charge in [-0.2, -0.15) is 0 Å². The molecule has 4 aliphatic rings. The van der Waals surface area contributed by atoms with Gasteiger partial charge in [0.15, 0.2) is 0 Å². The predicted octanol–water partition coefficient (Wildman–Crippen LogP) is 0.839. The molecule has 0 spiro atoms. The highest BCUT2D eigenvalue weighted by molar-refractivity contribution is 5.83. The molecule has 1 aromatic carbocycles. The Kier molecular flexibility index (Phi) is 6.24. The van der Waals surface area contributed by atoms with E-state index in [2.05, 4.69) is 26.8 Å². The first kappa shape index (κ1) is 21.5. The average Bonchev–Trinajstić information content (AvgIpc) is 3.38. The van der Waals surface area contributed by atoms with E-state index in [1.165, 1.54) is 11.3 Å². The number of piperazine rings is 1. The fraction of sp³-hybridized carbons (Fsp3) is 0.667. The molecule has 3 saturated heterocycles. The van der Waals surface area contributed by atoms with Gasteiger partial charge in [0.1, 0.15) is 5.75 Å². The number of carbonyl (C=O) groups excluding carboxylic acids is 2. The van der Waals surface area contributed by atoms with E-state index < -0.39 is 0 Å². The number of rotatable bonds is 4. The van der Waals surface area contributed by atoms with Gasteiger partial charge in [-0.3, -0.25) is 14.5 Å². The van der Waals surface area contributed by atoms with E-state index in [0.29, 0.717) is 32.8 Å². The second-order valence-electron chi connectivity index (χ2n) is 9.33. The largest absolute Gasteiger partial charge is 0.497 e. The first-order chi connectivity index (χ1) is 15.6. The SMILES string of the molecule is COc1ccc2c(c1)N1CCN(CC(=O)N3CCOCC3)CC1C(C(=O)N1CCCC1)C2. The summed E-state index contributed by atoms with van der Waals surface area (Å²) in [4.78, 5) is 35.0. The molecule has 0 saturated carbocycles. The lowest BCUT2D eigenvalue weighted by Crippen LogP contribution is -2.62. The number of methoxy groups -OCH3 is 1. The predicted molar refractivity (Wildman–Crippen MR) is 121 cm³/mol. The highest BCUT2D eigenvalue weighted by Crippen LogP contribution is 2.39. The van der Waals surface area contributed by atoms with Crippen molar-refractivity contribution in [3.8, 4) is 5.75 Å². The van der Waals surface area contributed by atoms with E-state index >= 15 is 0 Å². The van der Waals surface area contributed by atoms with Crippen LogP contribution in [0.1, 0.15) is 18.4 Å². The normalized spacial score (nSPS) is 26.0. The van der Waals surface area contributed by atoms with Gasteiger partial charge in [0, 0.05) is 57.6 Å². The second kappa shape index (κ2) is 9.27. The van der Waals surface area contributed by atoms with E-state index in [-0.39, 0.29) is 23.8 Å². The maximum atomic E-state index is 13.5. The van der Waals surface area contributed by atoms with Gasteiger partial charge in [-0.05, 0) is 30.9 Å². The maximum absolute atomic E-state index is 13.5. The Labute approximate surface area is 190 Å². The Morgan fingerprint density at radius 1 is 1.03 bits per heavy atom. The summed E-state index contributed by atoms with van der Waals surface area (Å²) in [7, 11) is 1.69. The topological polar surface area (TPSA) is 65.6 Å². The molecule has 0 N–H and O–H groups in total. The summed E-state index contributed by atoms with van der Waals surface area (Å²) < 4.78 is 10.9. The maximum Gasteiger partial charge on any atom is 0.236 e. The molecule has 5 rings (SSSR count). The van der Waals surface area contributed by atoms with Crippen molar-refractivity contribution in [2.24, 2.45) is 5.92 Å². The molecule has 4 aliphatic heterocycles. The van der Waals surface area contributed by atoms with Crippen LogP contribution < -0.4 is 9.64 Å². The van der Waals surface area contributed by atoms with Crippen molar-refractivity contribution in [3.05, 3.63) is 23.8 Å². The van der Waals surface area contributed by atoms with Gasteiger partial charge < -0.3 is 24.2 Å². The summed E-state index contributed by atoms with van der Waals surface area (Å²) in [6.07, 6.45) is 2.95. The molecule has 1 aromatic rings. The van der Waals surface area contributed by atoms with Gasteiger partial charge >= 0.3 is 0 Å². The molecule has 0 aliphatic carbocycles. The molecule has 2 amide bonds. The Bertz CT molecular complexity index is 850. The summed E-state index contributed by atoms with van der Waals surface area (Å²) in [6.45, 7) is 7.10. The summed E-state index contributed by atoms with van der Waals surface area (Å²) in [5.74, 6) is 1.22. The molecule has 8 nitrogen and oxygen atoms in total. The lowest BCUT2D eigenvalue weighted by molar-refractivity contribution is -0.137. The zero-order valence-corrected chi connectivity index (χ0v) is 19.0. The van der Waals surface area contributed by atoms with Gasteiger partial charge in [0.05, 0.1) is 38.8 Å². The van der Waals surface area contributed by atoms with Crippen molar-refractivity contribution >= 4 is 17.5 Å². The monoisotopic (exact) mass is 442 g/mol. The minimum atomic E-state index is -0.0738. The fourth-order valence-corrected chi connectivity index (χ4v) is 5.67. The van der Waals surface area contributed by atoms with Crippen LogP contribution in [0.25, 0.3) is 0 Å². The number of hydrogen-bond acceptors (Lipinski definition) is 6. The van der Waals surface area contributed by atoms with Crippen molar-refractivity contribution in [2.45, 2.75) is 25.3 Å². The lowest BCUT2D eigenvalue weighted by Gasteiger charge is -2.49. The number of ether oxygens (including phenoxy) is 2. The van der Waals surface area contributed by atoms with Crippen molar-refractivity contribution in [1.29, 1.82) is 0 Å². The van der Waals surface area contributed by atoms with E-state index in [1.54, 1.807) is 7.11 Å². The quantitative estimate of drug-likeness (QED) is 0.689. The Hall–Kier alpha value is -2.32. The van der Waals surface area contributed by atoms with Crippen LogP contribution in [0.5, 0.6) is 5.75 Å². The number of anilines is 1. The zero-order chi connectivity index (χ0) is 22.1. The highest BCUT2D eigenvalue weighted by atomic mass is 16.5. The number of nitrogens with zero attached hydrogens (tertiary/aromatic N) is 4. The van der Waals surface area contributed by atoms with E-state index in [9.17, 15) is 9.59 Å². The van der Waals surface area contributed by atoms with Crippen molar-refractivity contribution in [1.82, 2.24) is 14.7 Å². The summed E-state index contributed by atoms with van der Waals surface area (Å²) in [5, 5.41) is 0. The zero-order valence-electron chi connectivity index (χ0n) is 19.0. The molecule has 2 unspecified atom stereocenters. The number of carbonyl (C=O) groups is 2. The van der Waals surface area contributed by atoms with Crippen LogP contribution in [0.3, 0.4) is 0 Å². The second-order valence-corrected chi connectivity index (χ2v) is 9.33. The molecule has 32 heavy (non-hydrogen) atoms. The molecular weight excluding hydrogens is 408 g/mol. The molecule has 0 aromatic heterocycles. The molecule has 174 valence electrons. The van der Waals surface area contributed by atoms with Crippen LogP contribution in [0.4, 0.5) is 5.69 Å². The van der Waals surface area contributed by atoms with Gasteiger partial charge in [0.2, 0.25) is 11.8 Å². The molecule has 4 heterocycles. The molecule has 3 fully saturated rings. The third kappa shape index (κ3) is 4.18. The van der Waals surface area contributed by atoms with Gasteiger partial charge in [-0.25, -0.2) is 0 Å². The number of morpholine rings is 1. The lowest BCUT2D eigenvalue weighted by atomic mass is 9.83. The molecule has 2 atom stereocenters.